The Hall–Kier alpha value is -1.69. The van der Waals surface area contributed by atoms with Gasteiger partial charge in [0.25, 0.3) is 0 Å². The lowest BCUT2D eigenvalue weighted by Crippen LogP contribution is -2.25. The number of ether oxygens (including phenoxy) is 1. The van der Waals surface area contributed by atoms with Gasteiger partial charge in [0.05, 0.1) is 12.7 Å². The molecule has 1 aromatic rings. The molecular weight excluding hydrogens is 244 g/mol. The first-order valence-corrected chi connectivity index (χ1v) is 6.57. The second kappa shape index (κ2) is 5.97. The average molecular weight is 264 g/mol. The Morgan fingerprint density at radius 1 is 1.37 bits per heavy atom. The Morgan fingerprint density at radius 3 is 2.84 bits per heavy atom. The SMILES string of the molecule is CCc1nc(C)c(C2CC(=O)NCCN2)c(OC)n1. The molecule has 6 heteroatoms. The molecule has 1 aliphatic heterocycles. The normalized spacial score (nSPS) is 19.7. The summed E-state index contributed by atoms with van der Waals surface area (Å²) >= 11 is 0. The lowest BCUT2D eigenvalue weighted by molar-refractivity contribution is -0.121. The number of nitrogens with zero attached hydrogens (tertiary/aromatic N) is 2. The molecule has 1 saturated heterocycles. The minimum atomic E-state index is -0.0941. The Balaban J connectivity index is 2.39. The molecule has 0 aromatic carbocycles. The van der Waals surface area contributed by atoms with Crippen LogP contribution in [0.3, 0.4) is 0 Å². The van der Waals surface area contributed by atoms with E-state index in [-0.39, 0.29) is 11.9 Å². The van der Waals surface area contributed by atoms with Gasteiger partial charge >= 0.3 is 0 Å². The average Bonchev–Trinajstić information content (AvgIpc) is 2.62. The number of hydrogen-bond donors (Lipinski definition) is 2. The van der Waals surface area contributed by atoms with E-state index in [4.69, 9.17) is 4.74 Å². The molecule has 19 heavy (non-hydrogen) atoms. The molecule has 2 N–H and O–H groups in total. The van der Waals surface area contributed by atoms with Gasteiger partial charge in [-0.25, -0.2) is 4.98 Å². The van der Waals surface area contributed by atoms with E-state index < -0.39 is 0 Å². The van der Waals surface area contributed by atoms with Crippen LogP contribution in [0.25, 0.3) is 0 Å². The molecule has 0 saturated carbocycles. The van der Waals surface area contributed by atoms with Gasteiger partial charge in [-0.15, -0.1) is 0 Å². The molecule has 1 aromatic heterocycles. The molecular formula is C13H20N4O2. The number of rotatable bonds is 3. The Kier molecular flexibility index (Phi) is 4.31. The Bertz CT molecular complexity index is 476. The number of hydrogen-bond acceptors (Lipinski definition) is 5. The van der Waals surface area contributed by atoms with Crippen LogP contribution in [-0.2, 0) is 11.2 Å². The quantitative estimate of drug-likeness (QED) is 0.831. The van der Waals surface area contributed by atoms with Gasteiger partial charge in [-0.2, -0.15) is 4.98 Å². The van der Waals surface area contributed by atoms with Crippen LogP contribution in [0.1, 0.15) is 36.5 Å². The smallest absolute Gasteiger partial charge is 0.221 e. The van der Waals surface area contributed by atoms with E-state index in [1.54, 1.807) is 7.11 Å². The van der Waals surface area contributed by atoms with Crippen molar-refractivity contribution >= 4 is 5.91 Å². The maximum absolute atomic E-state index is 11.7. The highest BCUT2D eigenvalue weighted by Crippen LogP contribution is 2.28. The minimum Gasteiger partial charge on any atom is -0.481 e. The lowest BCUT2D eigenvalue weighted by Gasteiger charge is -2.19. The summed E-state index contributed by atoms with van der Waals surface area (Å²) in [5.74, 6) is 1.36. The second-order valence-corrected chi connectivity index (χ2v) is 4.56. The molecule has 0 radical (unpaired) electrons. The van der Waals surface area contributed by atoms with Crippen LogP contribution in [-0.4, -0.2) is 36.1 Å². The van der Waals surface area contributed by atoms with Gasteiger partial charge in [0.2, 0.25) is 11.8 Å². The van der Waals surface area contributed by atoms with Gasteiger partial charge in [0.1, 0.15) is 5.82 Å². The largest absolute Gasteiger partial charge is 0.481 e. The van der Waals surface area contributed by atoms with Crippen LogP contribution in [0.5, 0.6) is 5.88 Å². The van der Waals surface area contributed by atoms with E-state index in [0.29, 0.717) is 18.8 Å². The molecule has 104 valence electrons. The predicted octanol–water partition coefficient (Wildman–Crippen LogP) is 0.507. The van der Waals surface area contributed by atoms with Gasteiger partial charge < -0.3 is 15.4 Å². The number of carbonyl (C=O) groups excluding carboxylic acids is 1. The maximum atomic E-state index is 11.7. The molecule has 1 aliphatic rings. The van der Waals surface area contributed by atoms with Crippen LogP contribution in [0, 0.1) is 6.92 Å². The highest BCUT2D eigenvalue weighted by molar-refractivity contribution is 5.77. The van der Waals surface area contributed by atoms with Gasteiger partial charge in [-0.05, 0) is 6.92 Å². The minimum absolute atomic E-state index is 0.0380. The first kappa shape index (κ1) is 13.7. The van der Waals surface area contributed by atoms with E-state index in [9.17, 15) is 4.79 Å². The summed E-state index contributed by atoms with van der Waals surface area (Å²) in [5, 5.41) is 6.18. The van der Waals surface area contributed by atoms with Gasteiger partial charge in [0, 0.05) is 37.7 Å². The predicted molar refractivity (Wildman–Crippen MR) is 71.1 cm³/mol. The van der Waals surface area contributed by atoms with E-state index >= 15 is 0 Å². The molecule has 1 fully saturated rings. The summed E-state index contributed by atoms with van der Waals surface area (Å²) in [6, 6.07) is -0.0941. The van der Waals surface area contributed by atoms with Crippen LogP contribution < -0.4 is 15.4 Å². The monoisotopic (exact) mass is 264 g/mol. The second-order valence-electron chi connectivity index (χ2n) is 4.56. The van der Waals surface area contributed by atoms with E-state index in [1.807, 2.05) is 13.8 Å². The number of aromatic nitrogens is 2. The number of carbonyl (C=O) groups is 1. The fourth-order valence-corrected chi connectivity index (χ4v) is 2.31. The summed E-state index contributed by atoms with van der Waals surface area (Å²) in [7, 11) is 1.60. The number of methoxy groups -OCH3 is 1. The fraction of sp³-hybridized carbons (Fsp3) is 0.615. The molecule has 0 aliphatic carbocycles. The molecule has 0 spiro atoms. The third-order valence-electron chi connectivity index (χ3n) is 3.23. The number of amides is 1. The van der Waals surface area contributed by atoms with Gasteiger partial charge in [0.15, 0.2) is 0 Å². The van der Waals surface area contributed by atoms with Crippen LogP contribution in [0.4, 0.5) is 0 Å². The Morgan fingerprint density at radius 2 is 2.16 bits per heavy atom. The van der Waals surface area contributed by atoms with Gasteiger partial charge in [-0.1, -0.05) is 6.92 Å². The third kappa shape index (κ3) is 3.01. The van der Waals surface area contributed by atoms with Gasteiger partial charge in [-0.3, -0.25) is 4.79 Å². The summed E-state index contributed by atoms with van der Waals surface area (Å²) in [6.45, 7) is 5.31. The zero-order valence-corrected chi connectivity index (χ0v) is 11.6. The zero-order chi connectivity index (χ0) is 13.8. The summed E-state index contributed by atoms with van der Waals surface area (Å²) in [6.07, 6.45) is 1.14. The van der Waals surface area contributed by atoms with Crippen molar-refractivity contribution in [2.75, 3.05) is 20.2 Å². The fourth-order valence-electron chi connectivity index (χ4n) is 2.31. The summed E-state index contributed by atoms with van der Waals surface area (Å²) in [5.41, 5.74) is 1.76. The van der Waals surface area contributed by atoms with E-state index in [0.717, 1.165) is 30.0 Å². The van der Waals surface area contributed by atoms with E-state index in [2.05, 4.69) is 20.6 Å². The lowest BCUT2D eigenvalue weighted by atomic mass is 10.0. The molecule has 0 bridgehead atoms. The first-order valence-electron chi connectivity index (χ1n) is 6.57. The molecule has 2 heterocycles. The molecule has 1 unspecified atom stereocenters. The standard InChI is InChI=1S/C13H20N4O2/c1-4-10-16-8(2)12(13(17-10)19-3)9-7-11(18)15-6-5-14-9/h9,14H,4-7H2,1-3H3,(H,15,18). The molecule has 6 nitrogen and oxygen atoms in total. The van der Waals surface area contributed by atoms with Crippen molar-refractivity contribution in [3.05, 3.63) is 17.1 Å². The number of nitrogens with one attached hydrogen (secondary N) is 2. The van der Waals surface area contributed by atoms with Crippen LogP contribution in [0.15, 0.2) is 0 Å². The van der Waals surface area contributed by atoms with Crippen molar-refractivity contribution in [3.8, 4) is 5.88 Å². The third-order valence-corrected chi connectivity index (χ3v) is 3.23. The summed E-state index contributed by atoms with van der Waals surface area (Å²) in [4.78, 5) is 20.5. The van der Waals surface area contributed by atoms with Crippen molar-refractivity contribution < 1.29 is 9.53 Å². The maximum Gasteiger partial charge on any atom is 0.221 e. The van der Waals surface area contributed by atoms with Crippen molar-refractivity contribution in [2.24, 2.45) is 0 Å². The van der Waals surface area contributed by atoms with Crippen molar-refractivity contribution in [1.82, 2.24) is 20.6 Å². The molecule has 1 atom stereocenters. The van der Waals surface area contributed by atoms with Crippen LogP contribution in [0.2, 0.25) is 0 Å². The highest BCUT2D eigenvalue weighted by atomic mass is 16.5. The van der Waals surface area contributed by atoms with E-state index in [1.165, 1.54) is 0 Å². The first-order chi connectivity index (χ1) is 9.15. The Labute approximate surface area is 113 Å². The van der Waals surface area contributed by atoms with Crippen molar-refractivity contribution in [3.63, 3.8) is 0 Å². The number of aryl methyl sites for hydroxylation is 2. The highest BCUT2D eigenvalue weighted by Gasteiger charge is 2.25. The van der Waals surface area contributed by atoms with Crippen molar-refractivity contribution in [1.29, 1.82) is 0 Å². The summed E-state index contributed by atoms with van der Waals surface area (Å²) < 4.78 is 5.38. The molecule has 2 rings (SSSR count). The zero-order valence-electron chi connectivity index (χ0n) is 11.6. The molecule has 1 amide bonds. The van der Waals surface area contributed by atoms with Crippen molar-refractivity contribution in [2.45, 2.75) is 32.7 Å². The topological polar surface area (TPSA) is 76.1 Å². The van der Waals surface area contributed by atoms with Crippen LogP contribution >= 0.6 is 0 Å².